The van der Waals surface area contributed by atoms with E-state index in [9.17, 15) is 9.59 Å². The third-order valence-corrected chi connectivity index (χ3v) is 2.28. The van der Waals surface area contributed by atoms with Crippen LogP contribution in [0.1, 0.15) is 13.3 Å². The van der Waals surface area contributed by atoms with Gasteiger partial charge in [-0.05, 0) is 6.92 Å². The Labute approximate surface area is 83.1 Å². The summed E-state index contributed by atoms with van der Waals surface area (Å²) in [6, 6.07) is 0. The van der Waals surface area contributed by atoms with E-state index < -0.39 is 6.10 Å². The largest absolute Gasteiger partial charge is 0.392 e. The number of carbonyl (C=O) groups excluding carboxylic acids is 2. The highest BCUT2D eigenvalue weighted by molar-refractivity contribution is 5.89. The molecule has 0 spiro atoms. The summed E-state index contributed by atoms with van der Waals surface area (Å²) in [7, 11) is 1.68. The van der Waals surface area contributed by atoms with E-state index in [0.717, 1.165) is 0 Å². The zero-order chi connectivity index (χ0) is 10.7. The molecule has 0 bridgehead atoms. The molecule has 1 aliphatic rings. The van der Waals surface area contributed by atoms with E-state index in [-0.39, 0.29) is 30.7 Å². The molecule has 2 N–H and O–H groups in total. The molecule has 0 aromatic carbocycles. The van der Waals surface area contributed by atoms with Gasteiger partial charge in [0.2, 0.25) is 11.8 Å². The average Bonchev–Trinajstić information content (AvgIpc) is 2.43. The molecule has 5 heteroatoms. The van der Waals surface area contributed by atoms with Crippen LogP contribution in [-0.2, 0) is 9.59 Å². The van der Waals surface area contributed by atoms with Crippen LogP contribution in [-0.4, -0.2) is 48.1 Å². The van der Waals surface area contributed by atoms with Crippen molar-refractivity contribution in [2.45, 2.75) is 19.4 Å². The Kier molecular flexibility index (Phi) is 3.46. The molecule has 0 aromatic heterocycles. The monoisotopic (exact) mass is 200 g/mol. The zero-order valence-corrected chi connectivity index (χ0v) is 8.49. The number of hydrogen-bond acceptors (Lipinski definition) is 3. The van der Waals surface area contributed by atoms with Gasteiger partial charge in [0.05, 0.1) is 12.0 Å². The number of amides is 2. The molecule has 80 valence electrons. The lowest BCUT2D eigenvalue weighted by molar-refractivity contribution is -0.128. The second kappa shape index (κ2) is 4.41. The van der Waals surface area contributed by atoms with Gasteiger partial charge in [0.15, 0.2) is 0 Å². The minimum absolute atomic E-state index is 0.00203. The van der Waals surface area contributed by atoms with Gasteiger partial charge in [-0.2, -0.15) is 0 Å². The maximum absolute atomic E-state index is 11.4. The van der Waals surface area contributed by atoms with Gasteiger partial charge in [0, 0.05) is 26.6 Å². The summed E-state index contributed by atoms with van der Waals surface area (Å²) >= 11 is 0. The number of hydrogen-bond donors (Lipinski definition) is 2. The second-order valence-electron chi connectivity index (χ2n) is 3.77. The van der Waals surface area contributed by atoms with Gasteiger partial charge in [0.1, 0.15) is 0 Å². The number of nitrogens with one attached hydrogen (secondary N) is 1. The van der Waals surface area contributed by atoms with Crippen LogP contribution in [0.25, 0.3) is 0 Å². The Balaban J connectivity index is 2.36. The molecule has 1 rings (SSSR count). The topological polar surface area (TPSA) is 69.6 Å². The maximum atomic E-state index is 11.4. The fourth-order valence-corrected chi connectivity index (χ4v) is 1.43. The summed E-state index contributed by atoms with van der Waals surface area (Å²) in [4.78, 5) is 24.1. The molecule has 0 aromatic rings. The van der Waals surface area contributed by atoms with Gasteiger partial charge in [-0.1, -0.05) is 0 Å². The fraction of sp³-hybridized carbons (Fsp3) is 0.778. The van der Waals surface area contributed by atoms with Crippen LogP contribution >= 0.6 is 0 Å². The molecular weight excluding hydrogens is 184 g/mol. The molecule has 1 unspecified atom stereocenters. The third-order valence-electron chi connectivity index (χ3n) is 2.28. The highest BCUT2D eigenvalue weighted by atomic mass is 16.3. The van der Waals surface area contributed by atoms with E-state index in [0.29, 0.717) is 6.54 Å². The van der Waals surface area contributed by atoms with E-state index in [1.54, 1.807) is 18.9 Å². The molecule has 5 nitrogen and oxygen atoms in total. The molecule has 0 aliphatic carbocycles. The summed E-state index contributed by atoms with van der Waals surface area (Å²) in [5.74, 6) is -0.406. The van der Waals surface area contributed by atoms with Crippen molar-refractivity contribution in [3.63, 3.8) is 0 Å². The number of nitrogens with zero attached hydrogens (tertiary/aromatic N) is 1. The van der Waals surface area contributed by atoms with Gasteiger partial charge in [0.25, 0.3) is 0 Å². The lowest BCUT2D eigenvalue weighted by Crippen LogP contribution is -2.36. The van der Waals surface area contributed by atoms with Crippen molar-refractivity contribution < 1.29 is 14.7 Å². The number of likely N-dealkylation sites (tertiary alicyclic amines) is 1. The van der Waals surface area contributed by atoms with Crippen molar-refractivity contribution in [1.82, 2.24) is 10.2 Å². The second-order valence-corrected chi connectivity index (χ2v) is 3.77. The predicted molar refractivity (Wildman–Crippen MR) is 50.4 cm³/mol. The Morgan fingerprint density at radius 1 is 1.79 bits per heavy atom. The summed E-state index contributed by atoms with van der Waals surface area (Å²) in [5.41, 5.74) is 0. The lowest BCUT2D eigenvalue weighted by atomic mass is 10.1. The van der Waals surface area contributed by atoms with E-state index in [2.05, 4.69) is 5.32 Å². The standard InChI is InChI=1S/C9H16N2O3/c1-6(12)4-10-9(14)7-3-8(13)11(2)5-7/h6-7,12H,3-5H2,1-2H3,(H,10,14)/t6-,7?/m1/s1. The van der Waals surface area contributed by atoms with Gasteiger partial charge >= 0.3 is 0 Å². The minimum atomic E-state index is -0.547. The van der Waals surface area contributed by atoms with Crippen LogP contribution in [0.3, 0.4) is 0 Å². The number of aliphatic hydroxyl groups is 1. The first kappa shape index (κ1) is 11.0. The van der Waals surface area contributed by atoms with Gasteiger partial charge in [-0.25, -0.2) is 0 Å². The normalized spacial score (nSPS) is 23.8. The van der Waals surface area contributed by atoms with Crippen LogP contribution < -0.4 is 5.32 Å². The van der Waals surface area contributed by atoms with Crippen molar-refractivity contribution in [1.29, 1.82) is 0 Å². The summed E-state index contributed by atoms with van der Waals surface area (Å²) in [6.07, 6.45) is -0.268. The Hall–Kier alpha value is -1.10. The molecular formula is C9H16N2O3. The van der Waals surface area contributed by atoms with Crippen molar-refractivity contribution in [2.75, 3.05) is 20.1 Å². The Morgan fingerprint density at radius 2 is 2.43 bits per heavy atom. The zero-order valence-electron chi connectivity index (χ0n) is 8.49. The van der Waals surface area contributed by atoms with E-state index in [4.69, 9.17) is 5.11 Å². The van der Waals surface area contributed by atoms with E-state index in [1.807, 2.05) is 0 Å². The van der Waals surface area contributed by atoms with E-state index in [1.165, 1.54) is 0 Å². The number of aliphatic hydroxyl groups excluding tert-OH is 1. The van der Waals surface area contributed by atoms with Crippen LogP contribution in [0.15, 0.2) is 0 Å². The molecule has 0 radical (unpaired) electrons. The molecule has 1 fully saturated rings. The van der Waals surface area contributed by atoms with Crippen molar-refractivity contribution >= 4 is 11.8 Å². The van der Waals surface area contributed by atoms with Crippen LogP contribution in [0.4, 0.5) is 0 Å². The van der Waals surface area contributed by atoms with E-state index >= 15 is 0 Å². The summed E-state index contributed by atoms with van der Waals surface area (Å²) in [5, 5.41) is 11.6. The highest BCUT2D eigenvalue weighted by Gasteiger charge is 2.31. The van der Waals surface area contributed by atoms with Crippen LogP contribution in [0.2, 0.25) is 0 Å². The molecule has 2 amide bonds. The highest BCUT2D eigenvalue weighted by Crippen LogP contribution is 2.15. The lowest BCUT2D eigenvalue weighted by Gasteiger charge is -2.11. The smallest absolute Gasteiger partial charge is 0.225 e. The maximum Gasteiger partial charge on any atom is 0.225 e. The average molecular weight is 200 g/mol. The quantitative estimate of drug-likeness (QED) is 0.611. The molecule has 1 saturated heterocycles. The molecule has 0 saturated carbocycles. The molecule has 1 aliphatic heterocycles. The Morgan fingerprint density at radius 3 is 2.86 bits per heavy atom. The first-order valence-corrected chi connectivity index (χ1v) is 4.70. The summed E-state index contributed by atoms with van der Waals surface area (Å²) in [6.45, 7) is 2.32. The molecule has 1 heterocycles. The first-order valence-electron chi connectivity index (χ1n) is 4.70. The van der Waals surface area contributed by atoms with Crippen LogP contribution in [0.5, 0.6) is 0 Å². The van der Waals surface area contributed by atoms with Gasteiger partial charge in [-0.15, -0.1) is 0 Å². The Bertz CT molecular complexity index is 240. The predicted octanol–water partition coefficient (Wildman–Crippen LogP) is -1.04. The minimum Gasteiger partial charge on any atom is -0.392 e. The number of rotatable bonds is 3. The van der Waals surface area contributed by atoms with Crippen molar-refractivity contribution in [3.05, 3.63) is 0 Å². The van der Waals surface area contributed by atoms with Crippen LogP contribution in [0, 0.1) is 5.92 Å². The van der Waals surface area contributed by atoms with Gasteiger partial charge < -0.3 is 15.3 Å². The van der Waals surface area contributed by atoms with Gasteiger partial charge in [-0.3, -0.25) is 9.59 Å². The third kappa shape index (κ3) is 2.70. The first-order chi connectivity index (χ1) is 6.50. The summed E-state index contributed by atoms with van der Waals surface area (Å²) < 4.78 is 0. The fourth-order valence-electron chi connectivity index (χ4n) is 1.43. The van der Waals surface area contributed by atoms with Crippen molar-refractivity contribution in [3.8, 4) is 0 Å². The SMILES string of the molecule is C[C@@H](O)CNC(=O)C1CC(=O)N(C)C1. The molecule has 2 atom stereocenters. The molecule has 14 heavy (non-hydrogen) atoms. The number of carbonyl (C=O) groups is 2. The van der Waals surface area contributed by atoms with Crippen molar-refractivity contribution in [2.24, 2.45) is 5.92 Å².